The lowest BCUT2D eigenvalue weighted by Crippen LogP contribution is -2.55. The van der Waals surface area contributed by atoms with E-state index < -0.39 is 23.6 Å². The van der Waals surface area contributed by atoms with Gasteiger partial charge in [0, 0.05) is 21.3 Å². The SMILES string of the molecule is CCOC(=O)C[C@@H](C(=O)OCC)N(C)[Si]C(OC)(OC)OC. The summed E-state index contributed by atoms with van der Waals surface area (Å²) in [5.41, 5.74) is -1.31. The van der Waals surface area contributed by atoms with Gasteiger partial charge < -0.3 is 28.2 Å². The average molecular weight is 335 g/mol. The van der Waals surface area contributed by atoms with E-state index in [9.17, 15) is 9.59 Å². The number of nitrogens with zero attached hydrogens (tertiary/aromatic N) is 1. The van der Waals surface area contributed by atoms with Gasteiger partial charge in [-0.05, 0) is 20.9 Å². The van der Waals surface area contributed by atoms with Crippen molar-refractivity contribution in [3.8, 4) is 0 Å². The van der Waals surface area contributed by atoms with Gasteiger partial charge in [-0.15, -0.1) is 0 Å². The van der Waals surface area contributed by atoms with Gasteiger partial charge in [-0.2, -0.15) is 0 Å². The zero-order chi connectivity index (χ0) is 17.2. The fourth-order valence-corrected chi connectivity index (χ4v) is 2.73. The van der Waals surface area contributed by atoms with Crippen LogP contribution in [0.25, 0.3) is 0 Å². The third-order valence-corrected chi connectivity index (χ3v) is 4.36. The molecule has 0 heterocycles. The summed E-state index contributed by atoms with van der Waals surface area (Å²) in [5.74, 6) is -0.988. The monoisotopic (exact) mass is 335 g/mol. The molecule has 0 saturated heterocycles. The summed E-state index contributed by atoms with van der Waals surface area (Å²) in [6.07, 6.45) is -0.122. The Morgan fingerprint density at radius 3 is 1.95 bits per heavy atom. The zero-order valence-electron chi connectivity index (χ0n) is 14.0. The molecule has 0 bridgehead atoms. The predicted molar refractivity (Wildman–Crippen MR) is 78.9 cm³/mol. The Hall–Kier alpha value is -1.00. The summed E-state index contributed by atoms with van der Waals surface area (Å²) in [7, 11) is 5.75. The van der Waals surface area contributed by atoms with Crippen LogP contribution in [0, 0.1) is 0 Å². The quantitative estimate of drug-likeness (QED) is 0.296. The Balaban J connectivity index is 5.05. The lowest BCUT2D eigenvalue weighted by molar-refractivity contribution is -0.297. The van der Waals surface area contributed by atoms with Gasteiger partial charge in [0.1, 0.15) is 6.04 Å². The Morgan fingerprint density at radius 2 is 1.55 bits per heavy atom. The zero-order valence-corrected chi connectivity index (χ0v) is 15.0. The van der Waals surface area contributed by atoms with Gasteiger partial charge in [-0.1, -0.05) is 0 Å². The maximum atomic E-state index is 12.1. The van der Waals surface area contributed by atoms with Crippen LogP contribution in [0.15, 0.2) is 0 Å². The van der Waals surface area contributed by atoms with Crippen LogP contribution in [0.1, 0.15) is 20.3 Å². The summed E-state index contributed by atoms with van der Waals surface area (Å²) < 4.78 is 27.1. The second-order valence-electron chi connectivity index (χ2n) is 4.17. The molecule has 22 heavy (non-hydrogen) atoms. The van der Waals surface area contributed by atoms with Crippen molar-refractivity contribution >= 4 is 21.6 Å². The van der Waals surface area contributed by atoms with Crippen molar-refractivity contribution in [1.82, 2.24) is 4.57 Å². The fourth-order valence-electron chi connectivity index (χ4n) is 1.68. The molecular weight excluding hydrogens is 310 g/mol. The summed E-state index contributed by atoms with van der Waals surface area (Å²) in [6.45, 7) is 3.87. The van der Waals surface area contributed by atoms with E-state index in [0.29, 0.717) is 0 Å². The average Bonchev–Trinajstić information content (AvgIpc) is 2.50. The first-order valence-corrected chi connectivity index (χ1v) is 7.82. The van der Waals surface area contributed by atoms with Crippen LogP contribution in [-0.4, -0.2) is 79.4 Å². The fraction of sp³-hybridized carbons (Fsp3) is 0.846. The highest BCUT2D eigenvalue weighted by atomic mass is 28.2. The summed E-state index contributed by atoms with van der Waals surface area (Å²) in [4.78, 5) is 23.8. The van der Waals surface area contributed by atoms with Crippen LogP contribution in [0.2, 0.25) is 0 Å². The minimum absolute atomic E-state index is 0.122. The van der Waals surface area contributed by atoms with Crippen LogP contribution >= 0.6 is 0 Å². The van der Waals surface area contributed by atoms with E-state index in [1.165, 1.54) is 21.3 Å². The number of carbonyl (C=O) groups is 2. The molecule has 0 aliphatic carbocycles. The van der Waals surface area contributed by atoms with Crippen LogP contribution in [-0.2, 0) is 33.3 Å². The molecule has 2 radical (unpaired) electrons. The predicted octanol–water partition coefficient (Wildman–Crippen LogP) is -0.0272. The van der Waals surface area contributed by atoms with E-state index in [-0.39, 0.29) is 29.3 Å². The normalized spacial score (nSPS) is 13.0. The smallest absolute Gasteiger partial charge is 0.323 e. The van der Waals surface area contributed by atoms with Crippen molar-refractivity contribution in [2.24, 2.45) is 0 Å². The van der Waals surface area contributed by atoms with Crippen LogP contribution in [0.4, 0.5) is 0 Å². The molecule has 0 aromatic heterocycles. The Labute approximate surface area is 133 Å². The lowest BCUT2D eigenvalue weighted by atomic mass is 10.2. The van der Waals surface area contributed by atoms with E-state index in [1.54, 1.807) is 25.5 Å². The Morgan fingerprint density at radius 1 is 1.05 bits per heavy atom. The topological polar surface area (TPSA) is 83.5 Å². The number of carbonyl (C=O) groups excluding carboxylic acids is 2. The molecular formula is C13H25NO7Si. The van der Waals surface area contributed by atoms with Crippen LogP contribution < -0.4 is 0 Å². The van der Waals surface area contributed by atoms with Gasteiger partial charge in [0.05, 0.1) is 19.6 Å². The minimum atomic E-state index is -1.31. The molecule has 0 saturated carbocycles. The molecule has 0 aromatic carbocycles. The highest BCUT2D eigenvalue weighted by Crippen LogP contribution is 2.15. The number of hydrogen-bond acceptors (Lipinski definition) is 8. The van der Waals surface area contributed by atoms with E-state index in [1.807, 2.05) is 0 Å². The molecule has 0 amide bonds. The second kappa shape index (κ2) is 10.7. The Bertz CT molecular complexity index is 341. The molecule has 9 heteroatoms. The standard InChI is InChI=1S/C13H25NO7Si/c1-7-20-11(15)9-10(12(16)21-8-2)14(3)22-13(17-4,18-5)19-6/h10H,7-9H2,1-6H3/t10-/m0/s1. The molecule has 0 fully saturated rings. The molecule has 0 spiro atoms. The van der Waals surface area contributed by atoms with Crippen molar-refractivity contribution in [2.75, 3.05) is 41.6 Å². The highest BCUT2D eigenvalue weighted by molar-refractivity contribution is 6.35. The molecule has 128 valence electrons. The van der Waals surface area contributed by atoms with E-state index in [2.05, 4.69) is 0 Å². The molecule has 1 atom stereocenters. The minimum Gasteiger partial charge on any atom is -0.466 e. The maximum Gasteiger partial charge on any atom is 0.323 e. The van der Waals surface area contributed by atoms with Gasteiger partial charge in [-0.3, -0.25) is 9.59 Å². The second-order valence-corrected chi connectivity index (χ2v) is 5.71. The molecule has 0 aliphatic rings. The van der Waals surface area contributed by atoms with Crippen molar-refractivity contribution < 1.29 is 33.3 Å². The number of esters is 2. The largest absolute Gasteiger partial charge is 0.466 e. The lowest BCUT2D eigenvalue weighted by Gasteiger charge is -2.34. The highest BCUT2D eigenvalue weighted by Gasteiger charge is 2.38. The maximum absolute atomic E-state index is 12.1. The van der Waals surface area contributed by atoms with E-state index >= 15 is 0 Å². The van der Waals surface area contributed by atoms with Crippen LogP contribution in [0.3, 0.4) is 0 Å². The molecule has 8 nitrogen and oxygen atoms in total. The van der Waals surface area contributed by atoms with Gasteiger partial charge in [-0.25, -0.2) is 0 Å². The molecule has 0 rings (SSSR count). The number of hydrogen-bond donors (Lipinski definition) is 0. The van der Waals surface area contributed by atoms with Gasteiger partial charge in [0.2, 0.25) is 0 Å². The summed E-state index contributed by atoms with van der Waals surface area (Å²) >= 11 is 0. The first-order chi connectivity index (χ1) is 10.4. The molecule has 0 aromatic rings. The summed E-state index contributed by atoms with van der Waals surface area (Å²) in [6, 6.07) is -0.808. The Kier molecular flexibility index (Phi) is 10.2. The van der Waals surface area contributed by atoms with Crippen molar-refractivity contribution in [1.29, 1.82) is 0 Å². The van der Waals surface area contributed by atoms with Gasteiger partial charge >= 0.3 is 11.9 Å². The van der Waals surface area contributed by atoms with Crippen molar-refractivity contribution in [3.05, 3.63) is 0 Å². The summed E-state index contributed by atoms with van der Waals surface area (Å²) in [5, 5.41) is 0. The van der Waals surface area contributed by atoms with Gasteiger partial charge in [0.15, 0.2) is 0 Å². The van der Waals surface area contributed by atoms with E-state index in [0.717, 1.165) is 0 Å². The van der Waals surface area contributed by atoms with Gasteiger partial charge in [0.25, 0.3) is 15.3 Å². The molecule has 0 N–H and O–H groups in total. The van der Waals surface area contributed by atoms with Crippen molar-refractivity contribution in [2.45, 2.75) is 31.9 Å². The number of likely N-dealkylation sites (N-methyl/N-ethyl adjacent to an activating group) is 1. The molecule has 0 unspecified atom stereocenters. The number of rotatable bonds is 11. The van der Waals surface area contributed by atoms with Crippen molar-refractivity contribution in [3.63, 3.8) is 0 Å². The van der Waals surface area contributed by atoms with Crippen LogP contribution in [0.5, 0.6) is 0 Å². The van der Waals surface area contributed by atoms with E-state index in [4.69, 9.17) is 23.7 Å². The number of methoxy groups -OCH3 is 3. The first-order valence-electron chi connectivity index (χ1n) is 6.87. The first kappa shape index (κ1) is 21.0. The third kappa shape index (κ3) is 6.40. The third-order valence-electron chi connectivity index (χ3n) is 2.81. The number of ether oxygens (including phenoxy) is 5. The molecule has 0 aliphatic heterocycles.